The molecule has 0 saturated carbocycles. The van der Waals surface area contributed by atoms with E-state index in [9.17, 15) is 0 Å². The molecule has 1 saturated heterocycles. The van der Waals surface area contributed by atoms with Crippen molar-refractivity contribution in [2.45, 2.75) is 20.3 Å². The quantitative estimate of drug-likeness (QED) is 0.601. The third-order valence-corrected chi connectivity index (χ3v) is 1.82. The van der Waals surface area contributed by atoms with Crippen LogP contribution in [0.4, 0.5) is 0 Å². The number of likely N-dealkylation sites (tertiary alicyclic amines) is 1. The minimum atomic E-state index is 0. The molecule has 0 aromatic heterocycles. The lowest BCUT2D eigenvalue weighted by atomic mass is 10.1. The zero-order chi connectivity index (χ0) is 7.98. The molecule has 64 valence electrons. The molecule has 2 N–H and O–H groups in total. The van der Waals surface area contributed by atoms with Gasteiger partial charge in [-0.05, 0) is 32.5 Å². The van der Waals surface area contributed by atoms with Gasteiger partial charge in [0.05, 0.1) is 0 Å². The average molecular weight is 146 g/mol. The van der Waals surface area contributed by atoms with Crippen molar-refractivity contribution < 1.29 is 1.43 Å². The summed E-state index contributed by atoms with van der Waals surface area (Å²) in [7, 11) is 2.15. The van der Waals surface area contributed by atoms with E-state index in [1.165, 1.54) is 19.5 Å². The molecule has 1 rings (SSSR count). The Morgan fingerprint density at radius 2 is 2.20 bits per heavy atom. The van der Waals surface area contributed by atoms with Crippen LogP contribution in [0.2, 0.25) is 0 Å². The van der Waals surface area contributed by atoms with E-state index in [1.807, 2.05) is 13.8 Å². The molecule has 0 aromatic carbocycles. The first-order valence-electron chi connectivity index (χ1n) is 4.21. The molecular formula is C8H22N2. The third kappa shape index (κ3) is 3.18. The summed E-state index contributed by atoms with van der Waals surface area (Å²) < 4.78 is 0. The van der Waals surface area contributed by atoms with E-state index >= 15 is 0 Å². The molecule has 1 unspecified atom stereocenters. The Hall–Kier alpha value is -0.0800. The molecular weight excluding hydrogens is 124 g/mol. The van der Waals surface area contributed by atoms with E-state index in [0.29, 0.717) is 0 Å². The predicted molar refractivity (Wildman–Crippen MR) is 48.1 cm³/mol. The van der Waals surface area contributed by atoms with Crippen molar-refractivity contribution in [2.75, 3.05) is 26.7 Å². The highest BCUT2D eigenvalue weighted by Crippen LogP contribution is 2.11. The maximum Gasteiger partial charge on any atom is 0.00191 e. The minimum absolute atomic E-state index is 0. The smallest absolute Gasteiger partial charge is 0.00191 e. The summed E-state index contributed by atoms with van der Waals surface area (Å²) in [4.78, 5) is 2.33. The normalized spacial score (nSPS) is 25.8. The van der Waals surface area contributed by atoms with Crippen molar-refractivity contribution in [1.29, 1.82) is 0 Å². The largest absolute Gasteiger partial charge is 0.330 e. The minimum Gasteiger partial charge on any atom is -0.330 e. The molecule has 0 aromatic rings. The topological polar surface area (TPSA) is 29.3 Å². The molecule has 0 bridgehead atoms. The number of rotatable bonds is 1. The molecule has 2 nitrogen and oxygen atoms in total. The highest BCUT2D eigenvalue weighted by Gasteiger charge is 2.16. The molecule has 0 spiro atoms. The van der Waals surface area contributed by atoms with Gasteiger partial charge in [-0.15, -0.1) is 0 Å². The number of nitrogens with zero attached hydrogens (tertiary/aromatic N) is 1. The Balaban J connectivity index is 0. The first kappa shape index (κ1) is 9.92. The Bertz CT molecular complexity index is 78.5. The Morgan fingerprint density at radius 3 is 2.40 bits per heavy atom. The molecule has 1 aliphatic heterocycles. The monoisotopic (exact) mass is 146 g/mol. The van der Waals surface area contributed by atoms with Crippen molar-refractivity contribution in [3.05, 3.63) is 0 Å². The predicted octanol–water partition coefficient (Wildman–Crippen LogP) is 1.17. The van der Waals surface area contributed by atoms with Crippen LogP contribution in [0.1, 0.15) is 21.7 Å². The Morgan fingerprint density at radius 1 is 1.60 bits per heavy atom. The van der Waals surface area contributed by atoms with Crippen LogP contribution in [0.15, 0.2) is 0 Å². The van der Waals surface area contributed by atoms with E-state index < -0.39 is 0 Å². The van der Waals surface area contributed by atoms with Crippen LogP contribution in [0.3, 0.4) is 0 Å². The van der Waals surface area contributed by atoms with Crippen molar-refractivity contribution in [3.63, 3.8) is 0 Å². The van der Waals surface area contributed by atoms with E-state index in [-0.39, 0.29) is 1.43 Å². The first-order valence-corrected chi connectivity index (χ1v) is 4.21. The Labute approximate surface area is 65.9 Å². The van der Waals surface area contributed by atoms with E-state index in [0.717, 1.165) is 12.5 Å². The van der Waals surface area contributed by atoms with Crippen LogP contribution in [0, 0.1) is 5.92 Å². The van der Waals surface area contributed by atoms with Gasteiger partial charge in [0.15, 0.2) is 0 Å². The molecule has 1 fully saturated rings. The summed E-state index contributed by atoms with van der Waals surface area (Å²) in [5, 5.41) is 0. The highest BCUT2D eigenvalue weighted by atomic mass is 15.1. The van der Waals surface area contributed by atoms with Gasteiger partial charge >= 0.3 is 0 Å². The van der Waals surface area contributed by atoms with Gasteiger partial charge in [0.2, 0.25) is 0 Å². The number of hydrogen-bond donors (Lipinski definition) is 1. The van der Waals surface area contributed by atoms with E-state index in [4.69, 9.17) is 5.73 Å². The maximum atomic E-state index is 5.47. The van der Waals surface area contributed by atoms with Gasteiger partial charge in [0.25, 0.3) is 0 Å². The van der Waals surface area contributed by atoms with Crippen LogP contribution in [-0.2, 0) is 0 Å². The van der Waals surface area contributed by atoms with E-state index in [2.05, 4.69) is 11.9 Å². The summed E-state index contributed by atoms with van der Waals surface area (Å²) in [6.07, 6.45) is 1.30. The summed E-state index contributed by atoms with van der Waals surface area (Å²) in [5.41, 5.74) is 5.47. The summed E-state index contributed by atoms with van der Waals surface area (Å²) in [5.74, 6) is 0.778. The van der Waals surface area contributed by atoms with Crippen molar-refractivity contribution in [1.82, 2.24) is 4.90 Å². The van der Waals surface area contributed by atoms with Gasteiger partial charge in [-0.3, -0.25) is 0 Å². The summed E-state index contributed by atoms with van der Waals surface area (Å²) in [6, 6.07) is 0. The van der Waals surface area contributed by atoms with E-state index in [1.54, 1.807) is 0 Å². The second-order valence-corrected chi connectivity index (χ2v) is 2.65. The van der Waals surface area contributed by atoms with Crippen LogP contribution in [0.25, 0.3) is 0 Å². The van der Waals surface area contributed by atoms with Gasteiger partial charge in [-0.25, -0.2) is 0 Å². The summed E-state index contributed by atoms with van der Waals surface area (Å²) in [6.45, 7) is 7.31. The SMILES string of the molecule is CC.CN1CCC(CN)C1.[HH]. The fourth-order valence-corrected chi connectivity index (χ4v) is 1.22. The zero-order valence-electron chi connectivity index (χ0n) is 7.43. The van der Waals surface area contributed by atoms with Crippen molar-refractivity contribution in [3.8, 4) is 0 Å². The molecule has 10 heavy (non-hydrogen) atoms. The molecule has 1 aliphatic rings. The van der Waals surface area contributed by atoms with Gasteiger partial charge < -0.3 is 10.6 Å². The number of hydrogen-bond acceptors (Lipinski definition) is 2. The molecule has 0 radical (unpaired) electrons. The average Bonchev–Trinajstić information content (AvgIpc) is 2.40. The van der Waals surface area contributed by atoms with Gasteiger partial charge in [0.1, 0.15) is 0 Å². The molecule has 1 heterocycles. The highest BCUT2D eigenvalue weighted by molar-refractivity contribution is 4.72. The molecule has 1 atom stereocenters. The van der Waals surface area contributed by atoms with Crippen LogP contribution in [-0.4, -0.2) is 31.6 Å². The van der Waals surface area contributed by atoms with Gasteiger partial charge in [-0.2, -0.15) is 0 Å². The third-order valence-electron chi connectivity index (χ3n) is 1.82. The van der Waals surface area contributed by atoms with Gasteiger partial charge in [-0.1, -0.05) is 13.8 Å². The second kappa shape index (κ2) is 5.69. The molecule has 0 aliphatic carbocycles. The van der Waals surface area contributed by atoms with Crippen LogP contribution >= 0.6 is 0 Å². The Kier molecular flexibility index (Phi) is 5.64. The number of nitrogens with two attached hydrogens (primary N) is 1. The lowest BCUT2D eigenvalue weighted by molar-refractivity contribution is 0.397. The first-order chi connectivity index (χ1) is 4.83. The van der Waals surface area contributed by atoms with Crippen molar-refractivity contribution in [2.24, 2.45) is 11.7 Å². The van der Waals surface area contributed by atoms with Crippen molar-refractivity contribution >= 4 is 0 Å². The lowest BCUT2D eigenvalue weighted by Crippen LogP contribution is -2.18. The molecule has 0 amide bonds. The van der Waals surface area contributed by atoms with Crippen LogP contribution < -0.4 is 5.73 Å². The maximum absolute atomic E-state index is 5.47. The zero-order valence-corrected chi connectivity index (χ0v) is 7.43. The van der Waals surface area contributed by atoms with Crippen LogP contribution in [0.5, 0.6) is 0 Å². The standard InChI is InChI=1S/C6H14N2.C2H6.H2/c1-8-3-2-6(4-7)5-8;1-2;/h6H,2-5,7H2,1H3;1-2H3;1H. The fourth-order valence-electron chi connectivity index (χ4n) is 1.22. The fraction of sp³-hybridized carbons (Fsp3) is 1.00. The summed E-state index contributed by atoms with van der Waals surface area (Å²) >= 11 is 0. The second-order valence-electron chi connectivity index (χ2n) is 2.65. The molecule has 2 heteroatoms. The lowest BCUT2D eigenvalue weighted by Gasteiger charge is -2.05. The van der Waals surface area contributed by atoms with Gasteiger partial charge in [0, 0.05) is 7.97 Å².